The first kappa shape index (κ1) is 12.0. The molecule has 0 bridgehead atoms. The van der Waals surface area contributed by atoms with Gasteiger partial charge in [-0.2, -0.15) is 0 Å². The van der Waals surface area contributed by atoms with E-state index in [4.69, 9.17) is 10.5 Å². The molecule has 2 aromatic rings. The van der Waals surface area contributed by atoms with Gasteiger partial charge < -0.3 is 15.0 Å². The lowest BCUT2D eigenvalue weighted by Crippen LogP contribution is -2.06. The quantitative estimate of drug-likeness (QED) is 0.928. The van der Waals surface area contributed by atoms with Crippen molar-refractivity contribution in [3.8, 4) is 5.75 Å². The van der Waals surface area contributed by atoms with E-state index in [1.807, 2.05) is 18.6 Å². The zero-order valence-corrected chi connectivity index (χ0v) is 11.5. The van der Waals surface area contributed by atoms with Crippen LogP contribution in [-0.2, 0) is 13.0 Å². The van der Waals surface area contributed by atoms with Crippen LogP contribution in [0.1, 0.15) is 48.2 Å². The van der Waals surface area contributed by atoms with Gasteiger partial charge in [0.2, 0.25) is 0 Å². The number of rotatable bonds is 4. The molecule has 0 radical (unpaired) electrons. The van der Waals surface area contributed by atoms with Crippen molar-refractivity contribution in [3.05, 3.63) is 47.5 Å². The first-order valence-corrected chi connectivity index (χ1v) is 7.34. The molecule has 0 amide bonds. The summed E-state index contributed by atoms with van der Waals surface area (Å²) in [5.41, 5.74) is 9.81. The summed E-state index contributed by atoms with van der Waals surface area (Å²) < 4.78 is 8.29. The number of nitrogens with two attached hydrogens (primary N) is 1. The minimum atomic E-state index is 0.172. The number of nitrogens with zero attached hydrogens (tertiary/aromatic N) is 2. The molecule has 1 fully saturated rings. The normalized spacial score (nSPS) is 20.9. The number of hydrogen-bond acceptors (Lipinski definition) is 3. The van der Waals surface area contributed by atoms with E-state index in [2.05, 4.69) is 21.7 Å². The van der Waals surface area contributed by atoms with Crippen LogP contribution < -0.4 is 10.5 Å². The smallest absolute Gasteiger partial charge is 0.130 e. The maximum Gasteiger partial charge on any atom is 0.130 e. The molecular formula is C16H19N3O. The number of hydrogen-bond donors (Lipinski definition) is 1. The average molecular weight is 269 g/mol. The molecule has 104 valence electrons. The second kappa shape index (κ2) is 4.63. The Labute approximate surface area is 118 Å². The molecule has 4 rings (SSSR count). The third kappa shape index (κ3) is 2.00. The fourth-order valence-electron chi connectivity index (χ4n) is 3.07. The van der Waals surface area contributed by atoms with Crippen molar-refractivity contribution < 1.29 is 4.74 Å². The highest BCUT2D eigenvalue weighted by molar-refractivity contribution is 5.44. The molecule has 1 heterocycles. The van der Waals surface area contributed by atoms with Gasteiger partial charge in [-0.15, -0.1) is 0 Å². The maximum atomic E-state index is 6.11. The summed E-state index contributed by atoms with van der Waals surface area (Å²) in [7, 11) is 0. The van der Waals surface area contributed by atoms with E-state index in [9.17, 15) is 0 Å². The summed E-state index contributed by atoms with van der Waals surface area (Å²) in [5.74, 6) is 0.985. The molecule has 20 heavy (non-hydrogen) atoms. The van der Waals surface area contributed by atoms with Crippen molar-refractivity contribution in [2.24, 2.45) is 5.73 Å². The standard InChI is InChI=1S/C16H19N3O/c17-15-7-6-14-13(15)2-1-3-16(14)20-9-12-8-18-10-19(12)11-4-5-11/h1-3,8,10-11,15H,4-7,9,17H2. The first-order valence-electron chi connectivity index (χ1n) is 7.34. The van der Waals surface area contributed by atoms with Gasteiger partial charge in [-0.05, 0) is 42.9 Å². The van der Waals surface area contributed by atoms with Crippen molar-refractivity contribution in [2.75, 3.05) is 0 Å². The highest BCUT2D eigenvalue weighted by Gasteiger charge is 2.26. The molecule has 1 aromatic carbocycles. The van der Waals surface area contributed by atoms with Gasteiger partial charge in [-0.25, -0.2) is 4.98 Å². The Morgan fingerprint density at radius 3 is 3.05 bits per heavy atom. The molecular weight excluding hydrogens is 250 g/mol. The molecule has 1 unspecified atom stereocenters. The van der Waals surface area contributed by atoms with Crippen molar-refractivity contribution in [3.63, 3.8) is 0 Å². The average Bonchev–Trinajstić information content (AvgIpc) is 3.09. The number of ether oxygens (including phenoxy) is 1. The fraction of sp³-hybridized carbons (Fsp3) is 0.438. The molecule has 2 N–H and O–H groups in total. The lowest BCUT2D eigenvalue weighted by molar-refractivity contribution is 0.292. The van der Waals surface area contributed by atoms with Crippen LogP contribution in [0.5, 0.6) is 5.75 Å². The predicted octanol–water partition coefficient (Wildman–Crippen LogP) is 2.74. The van der Waals surface area contributed by atoms with Crippen LogP contribution >= 0.6 is 0 Å². The molecule has 1 atom stereocenters. The number of aromatic nitrogens is 2. The largest absolute Gasteiger partial charge is 0.487 e. The van der Waals surface area contributed by atoms with E-state index in [0.717, 1.165) is 24.3 Å². The SMILES string of the molecule is NC1CCc2c(OCc3cncn3C3CC3)cccc21. The van der Waals surface area contributed by atoms with Gasteiger partial charge in [0.15, 0.2) is 0 Å². The summed E-state index contributed by atoms with van der Waals surface area (Å²) in [5, 5.41) is 0. The fourth-order valence-corrected chi connectivity index (χ4v) is 3.07. The molecule has 0 saturated heterocycles. The van der Waals surface area contributed by atoms with Gasteiger partial charge >= 0.3 is 0 Å². The molecule has 1 saturated carbocycles. The molecule has 4 nitrogen and oxygen atoms in total. The lowest BCUT2D eigenvalue weighted by atomic mass is 10.1. The minimum Gasteiger partial charge on any atom is -0.487 e. The van der Waals surface area contributed by atoms with Crippen molar-refractivity contribution in [1.82, 2.24) is 9.55 Å². The third-order valence-corrected chi connectivity index (χ3v) is 4.34. The topological polar surface area (TPSA) is 53.1 Å². The minimum absolute atomic E-state index is 0.172. The van der Waals surface area contributed by atoms with Gasteiger partial charge in [-0.3, -0.25) is 0 Å². The molecule has 4 heteroatoms. The zero-order chi connectivity index (χ0) is 13.5. The van der Waals surface area contributed by atoms with Crippen LogP contribution in [0.25, 0.3) is 0 Å². The first-order chi connectivity index (χ1) is 9.83. The summed E-state index contributed by atoms with van der Waals surface area (Å²) >= 11 is 0. The number of fused-ring (bicyclic) bond motifs is 1. The number of benzene rings is 1. The van der Waals surface area contributed by atoms with Crippen LogP contribution in [0.2, 0.25) is 0 Å². The van der Waals surface area contributed by atoms with E-state index in [1.54, 1.807) is 0 Å². The Balaban J connectivity index is 1.54. The van der Waals surface area contributed by atoms with E-state index in [0.29, 0.717) is 12.6 Å². The molecule has 0 spiro atoms. The Morgan fingerprint density at radius 2 is 2.20 bits per heavy atom. The summed E-state index contributed by atoms with van der Waals surface area (Å²) in [4.78, 5) is 4.24. The summed E-state index contributed by atoms with van der Waals surface area (Å²) in [6.45, 7) is 0.586. The molecule has 2 aliphatic carbocycles. The monoisotopic (exact) mass is 269 g/mol. The Kier molecular flexibility index (Phi) is 2.77. The third-order valence-electron chi connectivity index (χ3n) is 4.34. The highest BCUT2D eigenvalue weighted by Crippen LogP contribution is 2.37. The van der Waals surface area contributed by atoms with Gasteiger partial charge in [0.1, 0.15) is 12.4 Å². The van der Waals surface area contributed by atoms with Crippen molar-refractivity contribution in [2.45, 2.75) is 44.4 Å². The van der Waals surface area contributed by atoms with Crippen molar-refractivity contribution in [1.29, 1.82) is 0 Å². The molecule has 1 aromatic heterocycles. The van der Waals surface area contributed by atoms with Gasteiger partial charge in [0.25, 0.3) is 0 Å². The van der Waals surface area contributed by atoms with Gasteiger partial charge in [0.05, 0.1) is 18.2 Å². The second-order valence-corrected chi connectivity index (χ2v) is 5.78. The van der Waals surface area contributed by atoms with E-state index < -0.39 is 0 Å². The predicted molar refractivity (Wildman–Crippen MR) is 76.5 cm³/mol. The second-order valence-electron chi connectivity index (χ2n) is 5.78. The molecule has 0 aliphatic heterocycles. The van der Waals surface area contributed by atoms with Crippen molar-refractivity contribution >= 4 is 0 Å². The lowest BCUT2D eigenvalue weighted by Gasteiger charge is -2.12. The van der Waals surface area contributed by atoms with E-state index in [-0.39, 0.29) is 6.04 Å². The zero-order valence-electron chi connectivity index (χ0n) is 11.5. The maximum absolute atomic E-state index is 6.11. The Hall–Kier alpha value is -1.81. The van der Waals surface area contributed by atoms with Crippen LogP contribution in [0.15, 0.2) is 30.7 Å². The summed E-state index contributed by atoms with van der Waals surface area (Å²) in [6.07, 6.45) is 8.40. The van der Waals surface area contributed by atoms with Crippen LogP contribution in [-0.4, -0.2) is 9.55 Å². The molecule has 2 aliphatic rings. The van der Waals surface area contributed by atoms with Crippen LogP contribution in [0, 0.1) is 0 Å². The van der Waals surface area contributed by atoms with Gasteiger partial charge in [0, 0.05) is 12.1 Å². The number of imidazole rings is 1. The Bertz CT molecular complexity index is 630. The Morgan fingerprint density at radius 1 is 1.30 bits per heavy atom. The van der Waals surface area contributed by atoms with E-state index in [1.165, 1.54) is 24.0 Å². The van der Waals surface area contributed by atoms with Crippen LogP contribution in [0.3, 0.4) is 0 Å². The van der Waals surface area contributed by atoms with Crippen LogP contribution in [0.4, 0.5) is 0 Å². The highest BCUT2D eigenvalue weighted by atomic mass is 16.5. The van der Waals surface area contributed by atoms with E-state index >= 15 is 0 Å². The summed E-state index contributed by atoms with van der Waals surface area (Å²) in [6, 6.07) is 7.03. The van der Waals surface area contributed by atoms with Gasteiger partial charge in [-0.1, -0.05) is 12.1 Å².